The van der Waals surface area contributed by atoms with Crippen LogP contribution >= 0.6 is 0 Å². The van der Waals surface area contributed by atoms with Crippen molar-refractivity contribution in [2.75, 3.05) is 13.2 Å². The van der Waals surface area contributed by atoms with Crippen LogP contribution in [0.25, 0.3) is 0 Å². The molecular weight excluding hydrogens is 258 g/mol. The Hall–Kier alpha value is -1.10. The Labute approximate surface area is 122 Å². The minimum Gasteiger partial charge on any atom is -0.460 e. The van der Waals surface area contributed by atoms with Gasteiger partial charge >= 0.3 is 5.97 Å². The van der Waals surface area contributed by atoms with Crippen LogP contribution in [0.1, 0.15) is 54.4 Å². The quantitative estimate of drug-likeness (QED) is 0.696. The van der Waals surface area contributed by atoms with E-state index in [1.54, 1.807) is 0 Å². The predicted molar refractivity (Wildman–Crippen MR) is 78.3 cm³/mol. The number of hydrogen-bond acceptors (Lipinski definition) is 4. The molecule has 1 atom stereocenters. The fourth-order valence-electron chi connectivity index (χ4n) is 1.53. The lowest BCUT2D eigenvalue weighted by molar-refractivity contribution is -0.155. The average Bonchev–Trinajstić information content (AvgIpc) is 2.29. The van der Waals surface area contributed by atoms with Crippen LogP contribution in [-0.2, 0) is 19.1 Å². The van der Waals surface area contributed by atoms with Crippen LogP contribution in [0.4, 0.5) is 0 Å². The number of ether oxygens (including phenoxy) is 2. The molecule has 0 aliphatic heterocycles. The molecule has 0 radical (unpaired) electrons. The topological polar surface area (TPSA) is 64.6 Å². The monoisotopic (exact) mass is 287 g/mol. The molecule has 0 bridgehead atoms. The molecular formula is C15H29NO4. The van der Waals surface area contributed by atoms with Gasteiger partial charge in [0.25, 0.3) is 0 Å². The fraction of sp³-hybridized carbons (Fsp3) is 0.867. The zero-order chi connectivity index (χ0) is 15.8. The molecule has 0 aromatic carbocycles. The summed E-state index contributed by atoms with van der Waals surface area (Å²) < 4.78 is 10.5. The summed E-state index contributed by atoms with van der Waals surface area (Å²) in [6, 6.07) is -0.0268. The molecule has 1 amide bonds. The number of carbonyl (C=O) groups excluding carboxylic acids is 2. The highest BCUT2D eigenvalue weighted by Crippen LogP contribution is 2.09. The maximum atomic E-state index is 11.8. The highest BCUT2D eigenvalue weighted by Gasteiger charge is 2.19. The summed E-state index contributed by atoms with van der Waals surface area (Å²) >= 11 is 0. The number of amides is 1. The molecule has 118 valence electrons. The Balaban J connectivity index is 4.10. The molecule has 0 saturated carbocycles. The molecule has 0 aromatic rings. The smallest absolute Gasteiger partial charge is 0.306 e. The van der Waals surface area contributed by atoms with Crippen LogP contribution < -0.4 is 5.32 Å². The van der Waals surface area contributed by atoms with Crippen LogP contribution in [0.5, 0.6) is 0 Å². The van der Waals surface area contributed by atoms with E-state index in [1.807, 2.05) is 41.5 Å². The standard InChI is InChI=1S/C15H29NO4/c1-7-19-10-12(11(2)3)16-13(17)8-9-14(18)20-15(4,5)6/h11-12H,7-10H2,1-6H3,(H,16,17). The summed E-state index contributed by atoms with van der Waals surface area (Å²) in [5, 5.41) is 2.90. The van der Waals surface area contributed by atoms with Crippen molar-refractivity contribution in [3.05, 3.63) is 0 Å². The molecule has 0 saturated heterocycles. The van der Waals surface area contributed by atoms with E-state index in [0.29, 0.717) is 13.2 Å². The van der Waals surface area contributed by atoms with E-state index in [4.69, 9.17) is 9.47 Å². The first-order chi connectivity index (χ1) is 9.15. The molecule has 5 heteroatoms. The van der Waals surface area contributed by atoms with Crippen LogP contribution in [0.2, 0.25) is 0 Å². The van der Waals surface area contributed by atoms with Gasteiger partial charge < -0.3 is 14.8 Å². The maximum Gasteiger partial charge on any atom is 0.306 e. The predicted octanol–water partition coefficient (Wildman–Crippen LogP) is 2.29. The summed E-state index contributed by atoms with van der Waals surface area (Å²) in [4.78, 5) is 23.3. The Morgan fingerprint density at radius 1 is 1.15 bits per heavy atom. The molecule has 0 aromatic heterocycles. The maximum absolute atomic E-state index is 11.8. The van der Waals surface area contributed by atoms with Gasteiger partial charge in [-0.3, -0.25) is 9.59 Å². The first kappa shape index (κ1) is 18.9. The number of rotatable bonds is 8. The molecule has 1 unspecified atom stereocenters. The van der Waals surface area contributed by atoms with E-state index in [1.165, 1.54) is 0 Å². The third kappa shape index (κ3) is 9.78. The largest absolute Gasteiger partial charge is 0.460 e. The van der Waals surface area contributed by atoms with E-state index in [9.17, 15) is 9.59 Å². The Morgan fingerprint density at radius 3 is 2.20 bits per heavy atom. The van der Waals surface area contributed by atoms with Crippen LogP contribution in [0.15, 0.2) is 0 Å². The van der Waals surface area contributed by atoms with Gasteiger partial charge in [0.1, 0.15) is 5.60 Å². The second-order valence-electron chi connectivity index (χ2n) is 6.16. The van der Waals surface area contributed by atoms with Crippen molar-refractivity contribution in [1.29, 1.82) is 0 Å². The van der Waals surface area contributed by atoms with Gasteiger partial charge in [-0.15, -0.1) is 0 Å². The van der Waals surface area contributed by atoms with Crippen molar-refractivity contribution >= 4 is 11.9 Å². The Morgan fingerprint density at radius 2 is 1.75 bits per heavy atom. The van der Waals surface area contributed by atoms with Crippen molar-refractivity contribution in [2.24, 2.45) is 5.92 Å². The molecule has 0 spiro atoms. The summed E-state index contributed by atoms with van der Waals surface area (Å²) in [6.07, 6.45) is 0.243. The minimum atomic E-state index is -0.511. The lowest BCUT2D eigenvalue weighted by atomic mass is 10.1. The van der Waals surface area contributed by atoms with E-state index in [2.05, 4.69) is 5.32 Å². The molecule has 20 heavy (non-hydrogen) atoms. The number of carbonyl (C=O) groups is 2. The molecule has 0 fully saturated rings. The van der Waals surface area contributed by atoms with E-state index in [-0.39, 0.29) is 36.7 Å². The summed E-state index contributed by atoms with van der Waals surface area (Å²) in [5.74, 6) is -0.208. The lowest BCUT2D eigenvalue weighted by Gasteiger charge is -2.22. The molecule has 0 aliphatic carbocycles. The Bertz CT molecular complexity index is 307. The molecule has 5 nitrogen and oxygen atoms in total. The highest BCUT2D eigenvalue weighted by molar-refractivity contribution is 5.81. The van der Waals surface area contributed by atoms with E-state index < -0.39 is 5.60 Å². The van der Waals surface area contributed by atoms with Gasteiger partial charge in [0.2, 0.25) is 5.91 Å². The molecule has 1 N–H and O–H groups in total. The average molecular weight is 287 g/mol. The molecule has 0 rings (SSSR count). The minimum absolute atomic E-state index is 0.0268. The van der Waals surface area contributed by atoms with Crippen molar-refractivity contribution < 1.29 is 19.1 Å². The van der Waals surface area contributed by atoms with Crippen molar-refractivity contribution in [3.63, 3.8) is 0 Å². The Kier molecular flexibility index (Phi) is 8.46. The SMILES string of the molecule is CCOCC(NC(=O)CCC(=O)OC(C)(C)C)C(C)C. The second kappa shape index (κ2) is 8.95. The first-order valence-corrected chi connectivity index (χ1v) is 7.24. The van der Waals surface area contributed by atoms with Gasteiger partial charge in [-0.2, -0.15) is 0 Å². The van der Waals surface area contributed by atoms with Gasteiger partial charge in [-0.05, 0) is 33.6 Å². The number of nitrogens with one attached hydrogen (secondary N) is 1. The van der Waals surface area contributed by atoms with Crippen LogP contribution in [-0.4, -0.2) is 36.7 Å². The summed E-state index contributed by atoms with van der Waals surface area (Å²) in [6.45, 7) is 12.5. The molecule has 0 aliphatic rings. The fourth-order valence-corrected chi connectivity index (χ4v) is 1.53. The van der Waals surface area contributed by atoms with Crippen molar-refractivity contribution in [2.45, 2.75) is 66.0 Å². The normalized spacial score (nSPS) is 13.2. The van der Waals surface area contributed by atoms with Gasteiger partial charge in [-0.1, -0.05) is 13.8 Å². The summed E-state index contributed by atoms with van der Waals surface area (Å²) in [7, 11) is 0. The van der Waals surface area contributed by atoms with E-state index in [0.717, 1.165) is 0 Å². The summed E-state index contributed by atoms with van der Waals surface area (Å²) in [5.41, 5.74) is -0.511. The first-order valence-electron chi connectivity index (χ1n) is 7.24. The highest BCUT2D eigenvalue weighted by atomic mass is 16.6. The third-order valence-corrected chi connectivity index (χ3v) is 2.63. The van der Waals surface area contributed by atoms with Gasteiger partial charge in [0.05, 0.1) is 19.1 Å². The van der Waals surface area contributed by atoms with Crippen molar-refractivity contribution in [3.8, 4) is 0 Å². The number of esters is 1. The third-order valence-electron chi connectivity index (χ3n) is 2.63. The number of hydrogen-bond donors (Lipinski definition) is 1. The van der Waals surface area contributed by atoms with Gasteiger partial charge in [-0.25, -0.2) is 0 Å². The molecule has 0 heterocycles. The van der Waals surface area contributed by atoms with Crippen molar-refractivity contribution in [1.82, 2.24) is 5.32 Å². The van der Waals surface area contributed by atoms with Gasteiger partial charge in [0.15, 0.2) is 0 Å². The zero-order valence-electron chi connectivity index (χ0n) is 13.6. The zero-order valence-corrected chi connectivity index (χ0v) is 13.6. The second-order valence-corrected chi connectivity index (χ2v) is 6.16. The van der Waals surface area contributed by atoms with E-state index >= 15 is 0 Å². The lowest BCUT2D eigenvalue weighted by Crippen LogP contribution is -2.42. The van der Waals surface area contributed by atoms with Crippen LogP contribution in [0, 0.1) is 5.92 Å². The van der Waals surface area contributed by atoms with Crippen LogP contribution in [0.3, 0.4) is 0 Å². The van der Waals surface area contributed by atoms with Gasteiger partial charge in [0, 0.05) is 13.0 Å².